The number of benzene rings is 4. The summed E-state index contributed by atoms with van der Waals surface area (Å²) in [6.45, 7) is 10.3. The molecule has 8 nitrogen and oxygen atoms in total. The fraction of sp³-hybridized carbons (Fsp3) is 0.273. The Bertz CT molecular complexity index is 1960. The number of nitrogens with zero attached hydrogens (tertiary/aromatic N) is 3. The van der Waals surface area contributed by atoms with Crippen molar-refractivity contribution in [1.82, 2.24) is 14.8 Å². The van der Waals surface area contributed by atoms with Gasteiger partial charge in [-0.3, -0.25) is 9.69 Å². The Morgan fingerprint density at radius 2 is 1.43 bits per heavy atom. The van der Waals surface area contributed by atoms with Crippen LogP contribution in [0.25, 0.3) is 6.08 Å². The lowest BCUT2D eigenvalue weighted by atomic mass is 10.0. The van der Waals surface area contributed by atoms with Crippen LogP contribution >= 0.6 is 17.0 Å². The van der Waals surface area contributed by atoms with Gasteiger partial charge in [0.25, 0.3) is 0 Å². The molecule has 0 radical (unpaired) electrons. The van der Waals surface area contributed by atoms with Gasteiger partial charge in [-0.2, -0.15) is 0 Å². The summed E-state index contributed by atoms with van der Waals surface area (Å²) in [6, 6.07) is 30.1. The Morgan fingerprint density at radius 1 is 0.815 bits per heavy atom. The van der Waals surface area contributed by atoms with Crippen molar-refractivity contribution in [2.45, 2.75) is 46.4 Å². The number of carbonyl (C=O) groups is 1. The highest BCUT2D eigenvalue weighted by Crippen LogP contribution is 2.30. The maximum Gasteiger partial charge on any atom is 0.246 e. The summed E-state index contributed by atoms with van der Waals surface area (Å²) in [7, 11) is 1.64. The van der Waals surface area contributed by atoms with Crippen LogP contribution in [0, 0.1) is 19.7 Å². The summed E-state index contributed by atoms with van der Waals surface area (Å²) < 4.78 is 36.3. The normalized spacial score (nSPS) is 13.6. The summed E-state index contributed by atoms with van der Waals surface area (Å²) in [4.78, 5) is 21.8. The Labute approximate surface area is 327 Å². The number of hydrogen-bond donors (Lipinski definition) is 0. The van der Waals surface area contributed by atoms with E-state index in [1.54, 1.807) is 37.6 Å². The van der Waals surface area contributed by atoms with Gasteiger partial charge in [-0.15, -0.1) is 17.0 Å². The highest BCUT2D eigenvalue weighted by atomic mass is 79.9. The highest BCUT2D eigenvalue weighted by Gasteiger charge is 2.20. The van der Waals surface area contributed by atoms with Crippen molar-refractivity contribution in [2.24, 2.45) is 0 Å². The first kappa shape index (κ1) is 40.0. The zero-order valence-electron chi connectivity index (χ0n) is 31.2. The van der Waals surface area contributed by atoms with Crippen molar-refractivity contribution < 1.29 is 28.1 Å². The van der Waals surface area contributed by atoms with E-state index in [1.165, 1.54) is 23.3 Å². The number of ether oxygens (including phenoxy) is 4. The number of rotatable bonds is 14. The van der Waals surface area contributed by atoms with Crippen LogP contribution in [0.3, 0.4) is 0 Å². The molecule has 54 heavy (non-hydrogen) atoms. The molecule has 1 amide bonds. The standard InChI is InChI=1S/C44H46FN3O5.BrH/c1-31-25-37(26-32(2)44(31)53-42-19-18-41(28-46-42)51-30-36-9-14-39(50-4)15-10-36)11-20-43(49)48-23-21-47(22-24-48)29-35-7-5-34(6-8-35)27-33(3)52-40-16-12-38(45)13-17-40;/h5-20,25-26,28,33H,21-24,27,29-30H2,1-4H3;1H/b20-11+;. The summed E-state index contributed by atoms with van der Waals surface area (Å²) in [6.07, 6.45) is 5.92. The van der Waals surface area contributed by atoms with Gasteiger partial charge < -0.3 is 23.8 Å². The van der Waals surface area contributed by atoms with E-state index in [9.17, 15) is 9.18 Å². The second kappa shape index (κ2) is 19.2. The molecule has 0 saturated carbocycles. The largest absolute Gasteiger partial charge is 0.497 e. The minimum Gasteiger partial charge on any atom is -0.497 e. The van der Waals surface area contributed by atoms with Crippen molar-refractivity contribution in [3.05, 3.63) is 149 Å². The molecule has 4 aromatic carbocycles. The number of halogens is 2. The number of pyridine rings is 1. The van der Waals surface area contributed by atoms with Crippen molar-refractivity contribution >= 4 is 29.0 Å². The first-order valence-electron chi connectivity index (χ1n) is 17.9. The first-order valence-corrected chi connectivity index (χ1v) is 17.9. The Morgan fingerprint density at radius 3 is 2.06 bits per heavy atom. The minimum absolute atomic E-state index is 0. The average Bonchev–Trinajstić information content (AvgIpc) is 3.17. The topological polar surface area (TPSA) is 73.4 Å². The maximum atomic E-state index is 13.2. The van der Waals surface area contributed by atoms with E-state index in [0.29, 0.717) is 37.1 Å². The van der Waals surface area contributed by atoms with Crippen molar-refractivity contribution in [3.63, 3.8) is 0 Å². The van der Waals surface area contributed by atoms with E-state index >= 15 is 0 Å². The molecule has 6 rings (SSSR count). The van der Waals surface area contributed by atoms with Crippen LogP contribution in [0.5, 0.6) is 28.9 Å². The van der Waals surface area contributed by atoms with Crippen molar-refractivity contribution in [2.75, 3.05) is 33.3 Å². The smallest absolute Gasteiger partial charge is 0.246 e. The van der Waals surface area contributed by atoms with Crippen LogP contribution in [0.4, 0.5) is 4.39 Å². The van der Waals surface area contributed by atoms with Gasteiger partial charge in [0.05, 0.1) is 19.4 Å². The lowest BCUT2D eigenvalue weighted by molar-refractivity contribution is -0.127. The molecule has 282 valence electrons. The molecular formula is C44H47BrFN3O5. The number of aromatic nitrogens is 1. The highest BCUT2D eigenvalue weighted by molar-refractivity contribution is 8.93. The molecule has 1 aliphatic rings. The molecule has 1 fully saturated rings. The summed E-state index contributed by atoms with van der Waals surface area (Å²) in [5.74, 6) is 3.08. The minimum atomic E-state index is -0.271. The monoisotopic (exact) mass is 795 g/mol. The third-order valence-corrected chi connectivity index (χ3v) is 9.17. The van der Waals surface area contributed by atoms with Gasteiger partial charge in [-0.1, -0.05) is 36.4 Å². The molecule has 0 aliphatic carbocycles. The van der Waals surface area contributed by atoms with Gasteiger partial charge in [-0.25, -0.2) is 9.37 Å². The lowest BCUT2D eigenvalue weighted by Crippen LogP contribution is -2.47. The average molecular weight is 797 g/mol. The molecule has 5 aromatic rings. The SMILES string of the molecule is Br.COc1ccc(COc2ccc(Oc3c(C)cc(/C=C/C(=O)N4CCN(Cc5ccc(CC(C)Oc6ccc(F)cc6)cc5)CC4)cc3C)nc2)cc1. The summed E-state index contributed by atoms with van der Waals surface area (Å²) >= 11 is 0. The van der Waals surface area contributed by atoms with E-state index in [1.807, 2.05) is 74.2 Å². The van der Waals surface area contributed by atoms with Crippen molar-refractivity contribution in [1.29, 1.82) is 0 Å². The fourth-order valence-corrected chi connectivity index (χ4v) is 6.30. The molecule has 1 saturated heterocycles. The van der Waals surface area contributed by atoms with Crippen LogP contribution in [-0.4, -0.2) is 60.1 Å². The van der Waals surface area contributed by atoms with Gasteiger partial charge >= 0.3 is 0 Å². The summed E-state index contributed by atoms with van der Waals surface area (Å²) in [5, 5.41) is 0. The fourth-order valence-electron chi connectivity index (χ4n) is 6.30. The van der Waals surface area contributed by atoms with E-state index in [0.717, 1.165) is 59.8 Å². The Kier molecular flexibility index (Phi) is 14.2. The third kappa shape index (κ3) is 11.4. The van der Waals surface area contributed by atoms with Gasteiger partial charge in [-0.05, 0) is 115 Å². The number of methoxy groups -OCH3 is 1. The third-order valence-electron chi connectivity index (χ3n) is 9.17. The molecular weight excluding hydrogens is 749 g/mol. The van der Waals surface area contributed by atoms with Crippen LogP contribution in [-0.2, 0) is 24.4 Å². The molecule has 0 spiro atoms. The predicted octanol–water partition coefficient (Wildman–Crippen LogP) is 9.16. The predicted molar refractivity (Wildman–Crippen MR) is 215 cm³/mol. The first-order chi connectivity index (χ1) is 25.7. The van der Waals surface area contributed by atoms with Gasteiger partial charge in [0.1, 0.15) is 35.4 Å². The molecule has 0 N–H and O–H groups in total. The molecule has 1 aromatic heterocycles. The Balaban J connectivity index is 0.00000561. The van der Waals surface area contributed by atoms with Crippen LogP contribution < -0.4 is 18.9 Å². The van der Waals surface area contributed by atoms with E-state index < -0.39 is 0 Å². The lowest BCUT2D eigenvalue weighted by Gasteiger charge is -2.34. The zero-order valence-corrected chi connectivity index (χ0v) is 32.9. The van der Waals surface area contributed by atoms with Crippen LogP contribution in [0.1, 0.15) is 40.3 Å². The zero-order chi connectivity index (χ0) is 37.2. The van der Waals surface area contributed by atoms with E-state index in [4.69, 9.17) is 18.9 Å². The second-order valence-electron chi connectivity index (χ2n) is 13.4. The number of aryl methyl sites for hydroxylation is 2. The molecule has 10 heteroatoms. The molecule has 1 aliphatic heterocycles. The molecule has 1 unspecified atom stereocenters. The van der Waals surface area contributed by atoms with Gasteiger partial charge in [0, 0.05) is 51.3 Å². The Hall–Kier alpha value is -5.19. The second-order valence-corrected chi connectivity index (χ2v) is 13.4. The molecule has 2 heterocycles. The van der Waals surface area contributed by atoms with Crippen LogP contribution in [0.2, 0.25) is 0 Å². The number of hydrogen-bond acceptors (Lipinski definition) is 7. The summed E-state index contributed by atoms with van der Waals surface area (Å²) in [5.41, 5.74) is 6.30. The number of piperazine rings is 1. The maximum absolute atomic E-state index is 13.2. The van der Waals surface area contributed by atoms with Gasteiger partial charge in [0.15, 0.2) is 0 Å². The quantitative estimate of drug-likeness (QED) is 0.104. The van der Waals surface area contributed by atoms with Crippen molar-refractivity contribution in [3.8, 4) is 28.9 Å². The van der Waals surface area contributed by atoms with E-state index in [-0.39, 0.29) is 34.8 Å². The van der Waals surface area contributed by atoms with Crippen LogP contribution in [0.15, 0.2) is 109 Å². The van der Waals surface area contributed by atoms with Gasteiger partial charge in [0.2, 0.25) is 11.8 Å². The number of carbonyl (C=O) groups excluding carboxylic acids is 1. The molecule has 0 bridgehead atoms. The number of amides is 1. The molecule has 1 atom stereocenters. The van der Waals surface area contributed by atoms with E-state index in [2.05, 4.69) is 34.1 Å².